The van der Waals surface area contributed by atoms with E-state index in [2.05, 4.69) is 73.8 Å². The smallest absolute Gasteiger partial charge is 0.0291 e. The number of rotatable bonds is 4. The molecular formula is C17H21N. The van der Waals surface area contributed by atoms with Crippen LogP contribution in [0, 0.1) is 0 Å². The van der Waals surface area contributed by atoms with Crippen LogP contribution in [0.5, 0.6) is 0 Å². The van der Waals surface area contributed by atoms with Crippen molar-refractivity contribution >= 4 is 0 Å². The zero-order chi connectivity index (χ0) is 13.0. The molecule has 0 aliphatic rings. The quantitative estimate of drug-likeness (QED) is 0.846. The van der Waals surface area contributed by atoms with Gasteiger partial charge in [0.2, 0.25) is 0 Å². The first-order chi connectivity index (χ1) is 8.74. The predicted molar refractivity (Wildman–Crippen MR) is 77.9 cm³/mol. The Morgan fingerprint density at radius 3 is 1.94 bits per heavy atom. The lowest BCUT2D eigenvalue weighted by Gasteiger charge is -2.20. The van der Waals surface area contributed by atoms with Gasteiger partial charge in [-0.3, -0.25) is 0 Å². The van der Waals surface area contributed by atoms with Crippen LogP contribution in [0.4, 0.5) is 0 Å². The van der Waals surface area contributed by atoms with E-state index in [4.69, 9.17) is 0 Å². The molecule has 0 aliphatic heterocycles. The van der Waals surface area contributed by atoms with Crippen molar-refractivity contribution < 1.29 is 0 Å². The van der Waals surface area contributed by atoms with Crippen LogP contribution in [0.1, 0.15) is 42.5 Å². The molecule has 1 N–H and O–H groups in total. The van der Waals surface area contributed by atoms with Gasteiger partial charge in [-0.15, -0.1) is 0 Å². The van der Waals surface area contributed by atoms with Crippen LogP contribution in [0.15, 0.2) is 54.6 Å². The summed E-state index contributed by atoms with van der Waals surface area (Å²) in [5, 5.41) is 3.33. The van der Waals surface area contributed by atoms with Crippen LogP contribution in [0.25, 0.3) is 0 Å². The molecule has 18 heavy (non-hydrogen) atoms. The Morgan fingerprint density at radius 2 is 1.33 bits per heavy atom. The molecule has 0 bridgehead atoms. The van der Waals surface area contributed by atoms with E-state index in [1.807, 2.05) is 7.05 Å². The maximum absolute atomic E-state index is 3.33. The summed E-state index contributed by atoms with van der Waals surface area (Å²) in [6.07, 6.45) is 0. The second kappa shape index (κ2) is 5.83. The summed E-state index contributed by atoms with van der Waals surface area (Å²) in [6.45, 7) is 4.48. The lowest BCUT2D eigenvalue weighted by atomic mass is 9.87. The Kier molecular flexibility index (Phi) is 4.16. The Bertz CT molecular complexity index is 490. The van der Waals surface area contributed by atoms with Crippen molar-refractivity contribution in [1.29, 1.82) is 0 Å². The molecular weight excluding hydrogens is 218 g/mol. The van der Waals surface area contributed by atoms with Crippen LogP contribution in [-0.4, -0.2) is 7.05 Å². The molecule has 0 radical (unpaired) electrons. The molecule has 0 amide bonds. The van der Waals surface area contributed by atoms with Gasteiger partial charge in [-0.05, 0) is 30.7 Å². The molecule has 2 atom stereocenters. The van der Waals surface area contributed by atoms with Crippen LogP contribution in [0.2, 0.25) is 0 Å². The van der Waals surface area contributed by atoms with Gasteiger partial charge >= 0.3 is 0 Å². The Labute approximate surface area is 110 Å². The van der Waals surface area contributed by atoms with Gasteiger partial charge in [0.05, 0.1) is 0 Å². The van der Waals surface area contributed by atoms with Gasteiger partial charge < -0.3 is 5.32 Å². The lowest BCUT2D eigenvalue weighted by molar-refractivity contribution is 0.641. The number of nitrogens with one attached hydrogen (secondary N) is 1. The van der Waals surface area contributed by atoms with Crippen molar-refractivity contribution in [3.63, 3.8) is 0 Å². The Balaban J connectivity index is 2.39. The summed E-state index contributed by atoms with van der Waals surface area (Å²) in [5.74, 6) is 0.429. The van der Waals surface area contributed by atoms with Crippen molar-refractivity contribution in [3.8, 4) is 0 Å². The average Bonchev–Trinajstić information content (AvgIpc) is 2.46. The summed E-state index contributed by atoms with van der Waals surface area (Å²) in [5.41, 5.74) is 4.16. The fourth-order valence-corrected chi connectivity index (χ4v) is 2.38. The van der Waals surface area contributed by atoms with E-state index in [0.29, 0.717) is 12.0 Å². The summed E-state index contributed by atoms with van der Waals surface area (Å²) in [4.78, 5) is 0. The molecule has 2 aromatic rings. The largest absolute Gasteiger partial charge is 0.313 e. The van der Waals surface area contributed by atoms with Crippen LogP contribution in [0.3, 0.4) is 0 Å². The molecule has 0 aliphatic carbocycles. The minimum Gasteiger partial charge on any atom is -0.313 e. The first-order valence-electron chi connectivity index (χ1n) is 6.55. The molecule has 0 aromatic heterocycles. The topological polar surface area (TPSA) is 12.0 Å². The number of benzene rings is 2. The van der Waals surface area contributed by atoms with E-state index in [0.717, 1.165) is 0 Å². The fourth-order valence-electron chi connectivity index (χ4n) is 2.38. The number of hydrogen-bond acceptors (Lipinski definition) is 1. The van der Waals surface area contributed by atoms with Crippen molar-refractivity contribution in [2.45, 2.75) is 25.8 Å². The molecule has 0 saturated heterocycles. The monoisotopic (exact) mass is 239 g/mol. The van der Waals surface area contributed by atoms with Gasteiger partial charge in [-0.25, -0.2) is 0 Å². The van der Waals surface area contributed by atoms with Crippen molar-refractivity contribution in [3.05, 3.63) is 71.3 Å². The van der Waals surface area contributed by atoms with Crippen LogP contribution >= 0.6 is 0 Å². The van der Waals surface area contributed by atoms with Crippen molar-refractivity contribution in [2.75, 3.05) is 7.05 Å². The van der Waals surface area contributed by atoms with Gasteiger partial charge in [0, 0.05) is 12.0 Å². The van der Waals surface area contributed by atoms with Gasteiger partial charge in [0.15, 0.2) is 0 Å². The van der Waals surface area contributed by atoms with E-state index < -0.39 is 0 Å². The Morgan fingerprint density at radius 1 is 0.778 bits per heavy atom. The molecule has 0 fully saturated rings. The van der Waals surface area contributed by atoms with E-state index in [-0.39, 0.29) is 0 Å². The minimum atomic E-state index is 0.382. The van der Waals surface area contributed by atoms with E-state index >= 15 is 0 Å². The Hall–Kier alpha value is -1.60. The molecule has 0 spiro atoms. The fraction of sp³-hybridized carbons (Fsp3) is 0.294. The predicted octanol–water partition coefficient (Wildman–Crippen LogP) is 4.12. The van der Waals surface area contributed by atoms with E-state index in [1.165, 1.54) is 16.7 Å². The molecule has 2 rings (SSSR count). The third-order valence-corrected chi connectivity index (χ3v) is 3.66. The third kappa shape index (κ3) is 2.62. The summed E-state index contributed by atoms with van der Waals surface area (Å²) in [6, 6.07) is 19.8. The zero-order valence-electron chi connectivity index (χ0n) is 11.4. The van der Waals surface area contributed by atoms with Crippen molar-refractivity contribution in [2.24, 2.45) is 0 Å². The maximum atomic E-state index is 3.33. The molecule has 94 valence electrons. The zero-order valence-corrected chi connectivity index (χ0v) is 11.4. The second-order valence-electron chi connectivity index (χ2n) is 4.77. The molecule has 0 saturated carbocycles. The highest BCUT2D eigenvalue weighted by Crippen LogP contribution is 2.29. The van der Waals surface area contributed by atoms with Gasteiger partial charge in [0.1, 0.15) is 0 Å². The third-order valence-electron chi connectivity index (χ3n) is 3.66. The second-order valence-corrected chi connectivity index (χ2v) is 4.77. The SMILES string of the molecule is CN[C@H](C)c1ccccc1[C@@H](C)c1ccccc1. The van der Waals surface area contributed by atoms with Crippen LogP contribution < -0.4 is 5.32 Å². The number of hydrogen-bond donors (Lipinski definition) is 1. The highest BCUT2D eigenvalue weighted by atomic mass is 14.9. The summed E-state index contributed by atoms with van der Waals surface area (Å²) < 4.78 is 0. The normalized spacial score (nSPS) is 14.2. The van der Waals surface area contributed by atoms with E-state index in [1.54, 1.807) is 0 Å². The average molecular weight is 239 g/mol. The first kappa shape index (κ1) is 12.8. The highest BCUT2D eigenvalue weighted by molar-refractivity contribution is 5.38. The lowest BCUT2D eigenvalue weighted by Crippen LogP contribution is -2.15. The van der Waals surface area contributed by atoms with Gasteiger partial charge in [-0.1, -0.05) is 61.5 Å². The van der Waals surface area contributed by atoms with Crippen LogP contribution in [-0.2, 0) is 0 Å². The molecule has 0 heterocycles. The maximum Gasteiger partial charge on any atom is 0.0291 e. The van der Waals surface area contributed by atoms with Gasteiger partial charge in [-0.2, -0.15) is 0 Å². The molecule has 1 heteroatoms. The first-order valence-corrected chi connectivity index (χ1v) is 6.55. The van der Waals surface area contributed by atoms with Gasteiger partial charge in [0.25, 0.3) is 0 Å². The molecule has 1 nitrogen and oxygen atoms in total. The summed E-state index contributed by atoms with van der Waals surface area (Å²) in [7, 11) is 2.01. The van der Waals surface area contributed by atoms with E-state index in [9.17, 15) is 0 Å². The standard InChI is InChI=1S/C17H21N/c1-13(15-9-5-4-6-10-15)16-11-7-8-12-17(16)14(2)18-3/h4-14,18H,1-3H3/t13-,14+/m0/s1. The summed E-state index contributed by atoms with van der Waals surface area (Å²) >= 11 is 0. The van der Waals surface area contributed by atoms with Crippen molar-refractivity contribution in [1.82, 2.24) is 5.32 Å². The highest BCUT2D eigenvalue weighted by Gasteiger charge is 2.14. The molecule has 0 unspecified atom stereocenters. The molecule has 2 aromatic carbocycles. The minimum absolute atomic E-state index is 0.382.